The molecule has 2 unspecified atom stereocenters. The van der Waals surface area contributed by atoms with Crippen molar-refractivity contribution in [2.24, 2.45) is 5.73 Å². The molecule has 6 nitrogen and oxygen atoms in total. The van der Waals surface area contributed by atoms with Gasteiger partial charge in [0.15, 0.2) is 5.76 Å². The predicted molar refractivity (Wildman–Crippen MR) is 80.7 cm³/mol. The van der Waals surface area contributed by atoms with Crippen LogP contribution in [-0.2, 0) is 14.3 Å². The van der Waals surface area contributed by atoms with E-state index < -0.39 is 12.0 Å². The van der Waals surface area contributed by atoms with Gasteiger partial charge in [0.2, 0.25) is 17.4 Å². The summed E-state index contributed by atoms with van der Waals surface area (Å²) in [6.45, 7) is -0.309. The van der Waals surface area contributed by atoms with Crippen LogP contribution in [0.15, 0.2) is 47.2 Å². The third kappa shape index (κ3) is 2.65. The summed E-state index contributed by atoms with van der Waals surface area (Å²) in [4.78, 5) is 12.2. The highest BCUT2D eigenvalue weighted by atomic mass is 35.5. The quantitative estimate of drug-likeness (QED) is 0.854. The van der Waals surface area contributed by atoms with Gasteiger partial charge in [-0.05, 0) is 17.7 Å². The number of hydrogen-bond acceptors (Lipinski definition) is 6. The lowest BCUT2D eigenvalue weighted by Crippen LogP contribution is -2.35. The molecule has 0 amide bonds. The molecule has 7 heteroatoms. The molecule has 0 aromatic heterocycles. The molecular formula is C16H13ClN2O4. The second kappa shape index (κ2) is 5.95. The first kappa shape index (κ1) is 15.4. The molecule has 23 heavy (non-hydrogen) atoms. The van der Waals surface area contributed by atoms with Crippen LogP contribution in [0.3, 0.4) is 0 Å². The zero-order valence-corrected chi connectivity index (χ0v) is 12.7. The fraction of sp³-hybridized carbons (Fsp3) is 0.250. The van der Waals surface area contributed by atoms with Crippen LogP contribution >= 0.6 is 11.6 Å². The van der Waals surface area contributed by atoms with Gasteiger partial charge in [0, 0.05) is 5.02 Å². The van der Waals surface area contributed by atoms with Gasteiger partial charge in [-0.3, -0.25) is 4.79 Å². The fourth-order valence-electron chi connectivity index (χ4n) is 2.65. The van der Waals surface area contributed by atoms with Crippen LogP contribution in [0.2, 0.25) is 5.02 Å². The number of ketones is 1. The van der Waals surface area contributed by atoms with Crippen LogP contribution in [0.25, 0.3) is 0 Å². The molecule has 0 spiro atoms. The molecule has 0 saturated carbocycles. The Balaban J connectivity index is 2.14. The molecule has 2 heterocycles. The molecular weight excluding hydrogens is 320 g/mol. The van der Waals surface area contributed by atoms with Crippen molar-refractivity contribution < 1.29 is 19.4 Å². The molecule has 2 atom stereocenters. The normalized spacial score (nSPS) is 23.8. The molecule has 1 aromatic carbocycles. The predicted octanol–water partition coefficient (Wildman–Crippen LogP) is 1.71. The summed E-state index contributed by atoms with van der Waals surface area (Å²) < 4.78 is 11.0. The highest BCUT2D eigenvalue weighted by Crippen LogP contribution is 2.42. The average molecular weight is 333 g/mol. The van der Waals surface area contributed by atoms with Crippen molar-refractivity contribution in [2.75, 3.05) is 6.61 Å². The SMILES string of the molecule is N#CC1=C(N)OC2=C(OC(CO)CC2=O)C1c1ccc(Cl)cc1. The maximum atomic E-state index is 12.2. The Bertz CT molecular complexity index is 761. The topological polar surface area (TPSA) is 106 Å². The summed E-state index contributed by atoms with van der Waals surface area (Å²) in [6, 6.07) is 8.80. The second-order valence-electron chi connectivity index (χ2n) is 5.22. The van der Waals surface area contributed by atoms with Crippen LogP contribution in [0.5, 0.6) is 0 Å². The lowest BCUT2D eigenvalue weighted by Gasteiger charge is -2.33. The minimum Gasteiger partial charge on any atom is -0.487 e. The van der Waals surface area contributed by atoms with Gasteiger partial charge in [0.25, 0.3) is 0 Å². The molecule has 2 aliphatic rings. The second-order valence-corrected chi connectivity index (χ2v) is 5.66. The molecule has 3 N–H and O–H groups in total. The summed E-state index contributed by atoms with van der Waals surface area (Å²) >= 11 is 5.90. The van der Waals surface area contributed by atoms with E-state index in [9.17, 15) is 15.2 Å². The maximum Gasteiger partial charge on any atom is 0.210 e. The number of nitrogens with zero attached hydrogens (tertiary/aromatic N) is 1. The first-order valence-corrected chi connectivity index (χ1v) is 7.31. The Morgan fingerprint density at radius 3 is 2.70 bits per heavy atom. The number of rotatable bonds is 2. The smallest absolute Gasteiger partial charge is 0.210 e. The van der Waals surface area contributed by atoms with Crippen LogP contribution in [-0.4, -0.2) is 23.6 Å². The zero-order chi connectivity index (χ0) is 16.6. The molecule has 3 rings (SSSR count). The van der Waals surface area contributed by atoms with E-state index in [1.165, 1.54) is 0 Å². The number of benzene rings is 1. The number of aliphatic hydroxyl groups is 1. The van der Waals surface area contributed by atoms with E-state index in [1.54, 1.807) is 24.3 Å². The standard InChI is InChI=1S/C16H13ClN2O4/c17-9-3-1-8(2-4-9)13-11(6-18)16(19)23-14-12(21)5-10(7-20)22-15(13)14/h1-4,10,13,20H,5,7,19H2. The Morgan fingerprint density at radius 1 is 1.39 bits per heavy atom. The maximum absolute atomic E-state index is 12.2. The number of halogens is 1. The van der Waals surface area contributed by atoms with Gasteiger partial charge < -0.3 is 20.3 Å². The van der Waals surface area contributed by atoms with Crippen molar-refractivity contribution in [3.05, 3.63) is 57.8 Å². The fourth-order valence-corrected chi connectivity index (χ4v) is 2.78. The van der Waals surface area contributed by atoms with Crippen LogP contribution in [0.1, 0.15) is 17.9 Å². The zero-order valence-electron chi connectivity index (χ0n) is 12.0. The van der Waals surface area contributed by atoms with E-state index in [1.807, 2.05) is 6.07 Å². The first-order valence-electron chi connectivity index (χ1n) is 6.93. The van der Waals surface area contributed by atoms with Crippen LogP contribution in [0, 0.1) is 11.3 Å². The molecule has 0 saturated heterocycles. The van der Waals surface area contributed by atoms with E-state index >= 15 is 0 Å². The van der Waals surface area contributed by atoms with E-state index in [0.29, 0.717) is 10.6 Å². The summed E-state index contributed by atoms with van der Waals surface area (Å²) in [5.41, 5.74) is 6.64. The van der Waals surface area contributed by atoms with Crippen molar-refractivity contribution in [2.45, 2.75) is 18.4 Å². The number of aliphatic hydroxyl groups excluding tert-OH is 1. The average Bonchev–Trinajstić information content (AvgIpc) is 2.55. The van der Waals surface area contributed by atoms with Crippen molar-refractivity contribution in [3.8, 4) is 6.07 Å². The Labute approximate surface area is 137 Å². The lowest BCUT2D eigenvalue weighted by molar-refractivity contribution is -0.125. The number of carbonyl (C=O) groups is 1. The Morgan fingerprint density at radius 2 is 2.09 bits per heavy atom. The third-order valence-corrected chi connectivity index (χ3v) is 3.99. The molecule has 0 fully saturated rings. The van der Waals surface area contributed by atoms with Crippen molar-refractivity contribution in [1.82, 2.24) is 0 Å². The Hall–Kier alpha value is -2.49. The number of carbonyl (C=O) groups excluding carboxylic acids is 1. The van der Waals surface area contributed by atoms with Gasteiger partial charge in [-0.2, -0.15) is 5.26 Å². The van der Waals surface area contributed by atoms with Gasteiger partial charge in [-0.1, -0.05) is 23.7 Å². The highest BCUT2D eigenvalue weighted by Gasteiger charge is 2.41. The molecule has 118 valence electrons. The van der Waals surface area contributed by atoms with Gasteiger partial charge in [0.1, 0.15) is 17.7 Å². The molecule has 2 aliphatic heterocycles. The summed E-state index contributed by atoms with van der Waals surface area (Å²) in [5, 5.41) is 19.3. The number of nitrogens with two attached hydrogens (primary N) is 1. The van der Waals surface area contributed by atoms with Crippen molar-refractivity contribution >= 4 is 17.4 Å². The minimum absolute atomic E-state index is 0.00214. The van der Waals surface area contributed by atoms with E-state index in [2.05, 4.69) is 0 Å². The number of ether oxygens (including phenoxy) is 2. The number of allylic oxidation sites excluding steroid dienone is 2. The lowest BCUT2D eigenvalue weighted by atomic mass is 9.86. The van der Waals surface area contributed by atoms with E-state index in [-0.39, 0.29) is 41.8 Å². The van der Waals surface area contributed by atoms with Gasteiger partial charge in [-0.25, -0.2) is 0 Å². The van der Waals surface area contributed by atoms with Crippen molar-refractivity contribution in [3.63, 3.8) is 0 Å². The summed E-state index contributed by atoms with van der Waals surface area (Å²) in [7, 11) is 0. The molecule has 0 bridgehead atoms. The van der Waals surface area contributed by atoms with Gasteiger partial charge in [0.05, 0.1) is 18.9 Å². The summed E-state index contributed by atoms with van der Waals surface area (Å²) in [6.07, 6.45) is -0.670. The minimum atomic E-state index is -0.668. The third-order valence-electron chi connectivity index (χ3n) is 3.74. The molecule has 0 radical (unpaired) electrons. The van der Waals surface area contributed by atoms with E-state index in [0.717, 1.165) is 0 Å². The van der Waals surface area contributed by atoms with Crippen LogP contribution in [0.4, 0.5) is 0 Å². The van der Waals surface area contributed by atoms with Gasteiger partial charge >= 0.3 is 0 Å². The van der Waals surface area contributed by atoms with Gasteiger partial charge in [-0.15, -0.1) is 0 Å². The largest absolute Gasteiger partial charge is 0.487 e. The molecule has 1 aromatic rings. The van der Waals surface area contributed by atoms with E-state index in [4.69, 9.17) is 26.8 Å². The van der Waals surface area contributed by atoms with Crippen molar-refractivity contribution in [1.29, 1.82) is 5.26 Å². The molecule has 0 aliphatic carbocycles. The number of Topliss-reactive ketones (excluding diaryl/α,β-unsaturated/α-hetero) is 1. The monoisotopic (exact) mass is 332 g/mol. The highest BCUT2D eigenvalue weighted by molar-refractivity contribution is 6.30. The number of nitriles is 1. The Kier molecular flexibility index (Phi) is 3.99. The number of hydrogen-bond donors (Lipinski definition) is 2. The van der Waals surface area contributed by atoms with Crippen LogP contribution < -0.4 is 5.73 Å². The summed E-state index contributed by atoms with van der Waals surface area (Å²) in [5.74, 6) is -0.909. The first-order chi connectivity index (χ1) is 11.0.